The molecule has 1 fully saturated rings. The van der Waals surface area contributed by atoms with Gasteiger partial charge in [0.05, 0.1) is 6.61 Å². The third-order valence-corrected chi connectivity index (χ3v) is 3.80. The minimum atomic E-state index is 0.625. The van der Waals surface area contributed by atoms with Crippen LogP contribution in [0.3, 0.4) is 0 Å². The predicted octanol–water partition coefficient (Wildman–Crippen LogP) is 2.37. The summed E-state index contributed by atoms with van der Waals surface area (Å²) in [5.41, 5.74) is 0. The largest absolute Gasteiger partial charge is 0.380 e. The van der Waals surface area contributed by atoms with Crippen LogP contribution in [-0.2, 0) is 4.74 Å². The Morgan fingerprint density at radius 3 is 2.61 bits per heavy atom. The smallest absolute Gasteiger partial charge is 0.0593 e. The van der Waals surface area contributed by atoms with E-state index in [4.69, 9.17) is 4.74 Å². The minimum absolute atomic E-state index is 0.625. The minimum Gasteiger partial charge on any atom is -0.380 e. The Morgan fingerprint density at radius 1 is 1.28 bits per heavy atom. The zero-order valence-corrected chi connectivity index (χ0v) is 12.9. The van der Waals surface area contributed by atoms with E-state index in [0.717, 1.165) is 32.8 Å². The molecule has 18 heavy (non-hydrogen) atoms. The summed E-state index contributed by atoms with van der Waals surface area (Å²) in [7, 11) is 0. The van der Waals surface area contributed by atoms with Crippen LogP contribution < -0.4 is 5.32 Å². The summed E-state index contributed by atoms with van der Waals surface area (Å²) in [6.45, 7) is 16.5. The molecule has 1 rings (SSSR count). The molecule has 0 spiro atoms. The molecule has 0 saturated carbocycles. The summed E-state index contributed by atoms with van der Waals surface area (Å²) in [5, 5.41) is 3.67. The van der Waals surface area contributed by atoms with Crippen molar-refractivity contribution in [3.63, 3.8) is 0 Å². The quantitative estimate of drug-likeness (QED) is 0.738. The second-order valence-electron chi connectivity index (χ2n) is 6.41. The van der Waals surface area contributed by atoms with Gasteiger partial charge >= 0.3 is 0 Å². The van der Waals surface area contributed by atoms with Crippen LogP contribution >= 0.6 is 0 Å². The molecule has 1 saturated heterocycles. The number of hydrogen-bond donors (Lipinski definition) is 1. The van der Waals surface area contributed by atoms with Crippen molar-refractivity contribution in [1.82, 2.24) is 10.2 Å². The number of ether oxygens (including phenoxy) is 1. The van der Waals surface area contributed by atoms with Crippen molar-refractivity contribution >= 4 is 0 Å². The van der Waals surface area contributed by atoms with Crippen molar-refractivity contribution in [2.45, 2.75) is 53.1 Å². The van der Waals surface area contributed by atoms with Crippen molar-refractivity contribution in [3.8, 4) is 0 Å². The van der Waals surface area contributed by atoms with Gasteiger partial charge in [-0.3, -0.25) is 4.90 Å². The first-order chi connectivity index (χ1) is 8.50. The fourth-order valence-corrected chi connectivity index (χ4v) is 2.42. The Balaban J connectivity index is 2.35. The molecule has 3 nitrogen and oxygen atoms in total. The first-order valence-corrected chi connectivity index (χ1v) is 7.56. The molecule has 0 aromatic carbocycles. The van der Waals surface area contributed by atoms with E-state index >= 15 is 0 Å². The number of hydrogen-bond acceptors (Lipinski definition) is 3. The van der Waals surface area contributed by atoms with Crippen LogP contribution in [0, 0.1) is 11.8 Å². The van der Waals surface area contributed by atoms with Gasteiger partial charge in [-0.25, -0.2) is 0 Å². The molecule has 108 valence electrons. The van der Waals surface area contributed by atoms with E-state index in [1.165, 1.54) is 6.42 Å². The van der Waals surface area contributed by atoms with E-state index in [1.807, 2.05) is 0 Å². The van der Waals surface area contributed by atoms with Crippen LogP contribution in [0.5, 0.6) is 0 Å². The maximum atomic E-state index is 5.72. The molecular formula is C15H32N2O. The third-order valence-electron chi connectivity index (χ3n) is 3.80. The van der Waals surface area contributed by atoms with Gasteiger partial charge in [0.25, 0.3) is 0 Å². The van der Waals surface area contributed by atoms with E-state index in [0.29, 0.717) is 23.9 Å². The van der Waals surface area contributed by atoms with Crippen molar-refractivity contribution in [2.75, 3.05) is 32.8 Å². The second-order valence-corrected chi connectivity index (χ2v) is 6.41. The monoisotopic (exact) mass is 256 g/mol. The van der Waals surface area contributed by atoms with Crippen LogP contribution in [0.2, 0.25) is 0 Å². The van der Waals surface area contributed by atoms with E-state index in [9.17, 15) is 0 Å². The van der Waals surface area contributed by atoms with Gasteiger partial charge in [0.15, 0.2) is 0 Å². The van der Waals surface area contributed by atoms with Crippen LogP contribution in [0.1, 0.15) is 41.0 Å². The van der Waals surface area contributed by atoms with Crippen LogP contribution in [0.4, 0.5) is 0 Å². The highest BCUT2D eigenvalue weighted by atomic mass is 16.5. The zero-order chi connectivity index (χ0) is 13.5. The molecule has 3 heteroatoms. The SMILES string of the molecule is CC(C)COCCN1CC(C(C)C)NCCC1C. The summed E-state index contributed by atoms with van der Waals surface area (Å²) in [6, 6.07) is 1.30. The zero-order valence-electron chi connectivity index (χ0n) is 12.9. The molecule has 0 amide bonds. The number of nitrogens with one attached hydrogen (secondary N) is 1. The Hall–Kier alpha value is -0.120. The fraction of sp³-hybridized carbons (Fsp3) is 1.00. The molecule has 1 aliphatic heterocycles. The molecule has 1 N–H and O–H groups in total. The standard InChI is InChI=1S/C15H32N2O/c1-12(2)11-18-9-8-17-10-15(13(3)4)16-7-6-14(17)5/h12-16H,6-11H2,1-5H3. The molecule has 0 aromatic rings. The first-order valence-electron chi connectivity index (χ1n) is 7.56. The fourth-order valence-electron chi connectivity index (χ4n) is 2.42. The van der Waals surface area contributed by atoms with Crippen molar-refractivity contribution in [3.05, 3.63) is 0 Å². The topological polar surface area (TPSA) is 24.5 Å². The summed E-state index contributed by atoms with van der Waals surface area (Å²) < 4.78 is 5.72. The lowest BCUT2D eigenvalue weighted by molar-refractivity contribution is 0.0721. The van der Waals surface area contributed by atoms with E-state index in [1.54, 1.807) is 0 Å². The van der Waals surface area contributed by atoms with Gasteiger partial charge in [-0.05, 0) is 31.7 Å². The van der Waals surface area contributed by atoms with Gasteiger partial charge in [-0.2, -0.15) is 0 Å². The average Bonchev–Trinajstić information content (AvgIpc) is 2.47. The Morgan fingerprint density at radius 2 is 2.00 bits per heavy atom. The molecule has 0 aromatic heterocycles. The van der Waals surface area contributed by atoms with E-state index < -0.39 is 0 Å². The summed E-state index contributed by atoms with van der Waals surface area (Å²) in [4.78, 5) is 2.59. The maximum absolute atomic E-state index is 5.72. The molecule has 2 atom stereocenters. The highest BCUT2D eigenvalue weighted by molar-refractivity contribution is 4.82. The second kappa shape index (κ2) is 8.13. The van der Waals surface area contributed by atoms with Crippen molar-refractivity contribution in [1.29, 1.82) is 0 Å². The summed E-state index contributed by atoms with van der Waals surface area (Å²) in [6.07, 6.45) is 1.24. The van der Waals surface area contributed by atoms with Crippen LogP contribution in [-0.4, -0.2) is 49.8 Å². The Kier molecular flexibility index (Phi) is 7.20. The number of nitrogens with zero attached hydrogens (tertiary/aromatic N) is 1. The molecule has 1 heterocycles. The molecule has 0 radical (unpaired) electrons. The Bertz CT molecular complexity index is 219. The van der Waals surface area contributed by atoms with Crippen LogP contribution in [0.15, 0.2) is 0 Å². The Labute approximate surface area is 113 Å². The summed E-state index contributed by atoms with van der Waals surface area (Å²) in [5.74, 6) is 1.34. The van der Waals surface area contributed by atoms with Gasteiger partial charge in [0.1, 0.15) is 0 Å². The maximum Gasteiger partial charge on any atom is 0.0593 e. The van der Waals surface area contributed by atoms with Gasteiger partial charge in [0.2, 0.25) is 0 Å². The lowest BCUT2D eigenvalue weighted by atomic mass is 10.0. The molecule has 1 aliphatic rings. The molecular weight excluding hydrogens is 224 g/mol. The van der Waals surface area contributed by atoms with Crippen molar-refractivity contribution in [2.24, 2.45) is 11.8 Å². The van der Waals surface area contributed by atoms with Gasteiger partial charge < -0.3 is 10.1 Å². The molecule has 0 aliphatic carbocycles. The lowest BCUT2D eigenvalue weighted by Gasteiger charge is -2.30. The molecule has 0 bridgehead atoms. The highest BCUT2D eigenvalue weighted by Crippen LogP contribution is 2.13. The average molecular weight is 256 g/mol. The third kappa shape index (κ3) is 5.68. The predicted molar refractivity (Wildman–Crippen MR) is 77.9 cm³/mol. The first kappa shape index (κ1) is 15.9. The van der Waals surface area contributed by atoms with E-state index in [-0.39, 0.29) is 0 Å². The highest BCUT2D eigenvalue weighted by Gasteiger charge is 2.24. The van der Waals surface area contributed by atoms with Gasteiger partial charge in [-0.1, -0.05) is 27.7 Å². The normalized spacial score (nSPS) is 26.8. The van der Waals surface area contributed by atoms with Gasteiger partial charge in [-0.15, -0.1) is 0 Å². The van der Waals surface area contributed by atoms with Crippen LogP contribution in [0.25, 0.3) is 0 Å². The lowest BCUT2D eigenvalue weighted by Crippen LogP contribution is -2.44. The summed E-state index contributed by atoms with van der Waals surface area (Å²) >= 11 is 0. The molecule has 2 unspecified atom stereocenters. The van der Waals surface area contributed by atoms with Gasteiger partial charge in [0, 0.05) is 31.8 Å². The van der Waals surface area contributed by atoms with Crippen molar-refractivity contribution < 1.29 is 4.74 Å². The van der Waals surface area contributed by atoms with E-state index in [2.05, 4.69) is 44.8 Å². The number of rotatable bonds is 6.